The minimum atomic E-state index is -1.38. The normalized spacial score (nSPS) is 12.2. The quantitative estimate of drug-likeness (QED) is 0.259. The zero-order valence-corrected chi connectivity index (χ0v) is 20.3. The van der Waals surface area contributed by atoms with E-state index in [0.29, 0.717) is 5.92 Å². The molecule has 2 heterocycles. The standard InChI is InChI=1S/C26H31N5O5/c1-16(2)13-17-7-5-9-20-19(17)14-18(28-20)15-31-12-6-10-22(25(31)34)29-24(33)21(30-26(35)36)8-3-4-11-23(27)32/h4-7,9-12,14,16,21,28,30H,3,8,13,15H2,1-2H3,(H2,27,32)(H,29,33)(H,35,36)/b11-4+. The lowest BCUT2D eigenvalue weighted by atomic mass is 10.00. The number of carboxylic acid groups (broad SMARTS) is 1. The van der Waals surface area contributed by atoms with Crippen molar-refractivity contribution in [3.8, 4) is 0 Å². The van der Waals surface area contributed by atoms with E-state index in [-0.39, 0.29) is 25.1 Å². The smallest absolute Gasteiger partial charge is 0.405 e. The number of nitrogens with two attached hydrogens (primary N) is 1. The van der Waals surface area contributed by atoms with Crippen molar-refractivity contribution in [2.24, 2.45) is 11.7 Å². The van der Waals surface area contributed by atoms with Gasteiger partial charge in [0.25, 0.3) is 5.56 Å². The Labute approximate surface area is 208 Å². The number of nitrogens with zero attached hydrogens (tertiary/aromatic N) is 1. The van der Waals surface area contributed by atoms with Gasteiger partial charge >= 0.3 is 6.09 Å². The van der Waals surface area contributed by atoms with Crippen molar-refractivity contribution in [2.75, 3.05) is 5.32 Å². The first-order valence-corrected chi connectivity index (χ1v) is 11.7. The van der Waals surface area contributed by atoms with E-state index in [4.69, 9.17) is 10.8 Å². The van der Waals surface area contributed by atoms with Gasteiger partial charge in [0.05, 0.1) is 6.54 Å². The molecular weight excluding hydrogens is 462 g/mol. The van der Waals surface area contributed by atoms with Crippen LogP contribution in [0.15, 0.2) is 59.5 Å². The molecule has 190 valence electrons. The zero-order chi connectivity index (χ0) is 26.2. The number of benzene rings is 1. The zero-order valence-electron chi connectivity index (χ0n) is 20.3. The summed E-state index contributed by atoms with van der Waals surface area (Å²) in [6.45, 7) is 4.60. The van der Waals surface area contributed by atoms with Crippen LogP contribution in [0, 0.1) is 5.92 Å². The van der Waals surface area contributed by atoms with Crippen molar-refractivity contribution >= 4 is 34.5 Å². The summed E-state index contributed by atoms with van der Waals surface area (Å²) in [4.78, 5) is 51.1. The molecule has 10 heteroatoms. The Morgan fingerprint density at radius 3 is 2.67 bits per heavy atom. The molecule has 0 fully saturated rings. The van der Waals surface area contributed by atoms with E-state index in [1.165, 1.54) is 22.3 Å². The van der Waals surface area contributed by atoms with Crippen molar-refractivity contribution in [1.29, 1.82) is 0 Å². The largest absolute Gasteiger partial charge is 0.465 e. The van der Waals surface area contributed by atoms with Crippen molar-refractivity contribution in [2.45, 2.75) is 45.7 Å². The lowest BCUT2D eigenvalue weighted by Crippen LogP contribution is -2.44. The number of nitrogens with one attached hydrogen (secondary N) is 3. The molecule has 0 bridgehead atoms. The van der Waals surface area contributed by atoms with Crippen LogP contribution in [-0.2, 0) is 22.6 Å². The Hall–Kier alpha value is -4.34. The number of hydrogen-bond acceptors (Lipinski definition) is 4. The number of primary amides is 1. The summed E-state index contributed by atoms with van der Waals surface area (Å²) in [7, 11) is 0. The average Bonchev–Trinajstić information content (AvgIpc) is 3.21. The second-order valence-electron chi connectivity index (χ2n) is 9.00. The van der Waals surface area contributed by atoms with Gasteiger partial charge in [0.1, 0.15) is 11.7 Å². The van der Waals surface area contributed by atoms with E-state index in [1.54, 1.807) is 12.3 Å². The van der Waals surface area contributed by atoms with Crippen molar-refractivity contribution < 1.29 is 19.5 Å². The van der Waals surface area contributed by atoms with E-state index in [2.05, 4.69) is 35.5 Å². The van der Waals surface area contributed by atoms with Crippen LogP contribution in [0.25, 0.3) is 10.9 Å². The van der Waals surface area contributed by atoms with Gasteiger partial charge in [-0.3, -0.25) is 14.4 Å². The summed E-state index contributed by atoms with van der Waals surface area (Å²) in [6, 6.07) is 10.1. The van der Waals surface area contributed by atoms with Crippen LogP contribution in [0.3, 0.4) is 0 Å². The van der Waals surface area contributed by atoms with Crippen LogP contribution >= 0.6 is 0 Å². The van der Waals surface area contributed by atoms with E-state index < -0.39 is 29.5 Å². The van der Waals surface area contributed by atoms with Gasteiger partial charge in [0, 0.05) is 22.8 Å². The third-order valence-corrected chi connectivity index (χ3v) is 5.58. The SMILES string of the molecule is CC(C)Cc1cccc2[nH]c(Cn3cccc(NC(=O)C(CC/C=C/C(N)=O)NC(=O)O)c3=O)cc12. The molecule has 6 N–H and O–H groups in total. The van der Waals surface area contributed by atoms with Crippen LogP contribution in [0.5, 0.6) is 0 Å². The molecule has 1 atom stereocenters. The van der Waals surface area contributed by atoms with Gasteiger partial charge in [0.2, 0.25) is 11.8 Å². The van der Waals surface area contributed by atoms with Crippen LogP contribution in [0.4, 0.5) is 10.5 Å². The molecule has 0 saturated heterocycles. The summed E-state index contributed by atoms with van der Waals surface area (Å²) in [5.74, 6) is -0.808. The number of anilines is 1. The molecule has 0 radical (unpaired) electrons. The topological polar surface area (TPSA) is 159 Å². The summed E-state index contributed by atoms with van der Waals surface area (Å²) in [5, 5.41) is 14.9. The molecule has 0 saturated carbocycles. The molecule has 0 aliphatic carbocycles. The molecule has 10 nitrogen and oxygen atoms in total. The predicted molar refractivity (Wildman–Crippen MR) is 138 cm³/mol. The molecule has 3 aromatic rings. The number of carbonyl (C=O) groups is 3. The number of aromatic nitrogens is 2. The van der Waals surface area contributed by atoms with Crippen molar-refractivity contribution in [1.82, 2.24) is 14.9 Å². The summed E-state index contributed by atoms with van der Waals surface area (Å²) in [5.41, 5.74) is 7.72. The van der Waals surface area contributed by atoms with Crippen molar-refractivity contribution in [3.05, 3.63) is 76.4 Å². The summed E-state index contributed by atoms with van der Waals surface area (Å²) < 4.78 is 1.47. The molecule has 3 rings (SSSR count). The minimum Gasteiger partial charge on any atom is -0.465 e. The highest BCUT2D eigenvalue weighted by Gasteiger charge is 2.21. The second kappa shape index (κ2) is 11.9. The highest BCUT2D eigenvalue weighted by Crippen LogP contribution is 2.23. The molecule has 2 aromatic heterocycles. The molecule has 36 heavy (non-hydrogen) atoms. The first kappa shape index (κ1) is 26.3. The summed E-state index contributed by atoms with van der Waals surface area (Å²) >= 11 is 0. The van der Waals surface area contributed by atoms with Gasteiger partial charge in [-0.15, -0.1) is 0 Å². The number of allylic oxidation sites excluding steroid dienone is 1. The fraction of sp³-hybridized carbons (Fsp3) is 0.308. The van der Waals surface area contributed by atoms with Crippen molar-refractivity contribution in [3.63, 3.8) is 0 Å². The number of aromatic amines is 1. The Kier molecular flexibility index (Phi) is 8.66. The van der Waals surface area contributed by atoms with E-state index in [0.717, 1.165) is 29.1 Å². The lowest BCUT2D eigenvalue weighted by Gasteiger charge is -2.16. The monoisotopic (exact) mass is 493 g/mol. The first-order valence-electron chi connectivity index (χ1n) is 11.7. The molecule has 0 aliphatic rings. The fourth-order valence-electron chi connectivity index (χ4n) is 4.02. The van der Waals surface area contributed by atoms with Gasteiger partial charge in [-0.2, -0.15) is 0 Å². The fourth-order valence-corrected chi connectivity index (χ4v) is 4.02. The number of amides is 3. The van der Waals surface area contributed by atoms with Crippen LogP contribution in [-0.4, -0.2) is 38.6 Å². The molecule has 0 spiro atoms. The summed E-state index contributed by atoms with van der Waals surface area (Å²) in [6.07, 6.45) is 4.10. The predicted octanol–water partition coefficient (Wildman–Crippen LogP) is 2.97. The Balaban J connectivity index is 1.77. The number of H-pyrrole nitrogens is 1. The number of fused-ring (bicyclic) bond motifs is 1. The van der Waals surface area contributed by atoms with Gasteiger partial charge < -0.3 is 31.0 Å². The number of rotatable bonds is 11. The second-order valence-corrected chi connectivity index (χ2v) is 9.00. The van der Waals surface area contributed by atoms with Crippen LogP contribution in [0.2, 0.25) is 0 Å². The molecule has 3 amide bonds. The van der Waals surface area contributed by atoms with E-state index in [9.17, 15) is 19.2 Å². The highest BCUT2D eigenvalue weighted by molar-refractivity contribution is 5.96. The Morgan fingerprint density at radius 1 is 1.19 bits per heavy atom. The van der Waals surface area contributed by atoms with Gasteiger partial charge in [-0.1, -0.05) is 32.1 Å². The maximum atomic E-state index is 13.1. The molecule has 0 aliphatic heterocycles. The maximum absolute atomic E-state index is 13.1. The van der Waals surface area contributed by atoms with Crippen LogP contribution < -0.4 is 21.9 Å². The molecular formula is C26H31N5O5. The number of carbonyl (C=O) groups excluding carboxylic acids is 2. The molecule has 1 aromatic carbocycles. The average molecular weight is 494 g/mol. The van der Waals surface area contributed by atoms with Gasteiger partial charge in [-0.25, -0.2) is 4.79 Å². The third kappa shape index (κ3) is 7.08. The maximum Gasteiger partial charge on any atom is 0.405 e. The first-order chi connectivity index (χ1) is 17.1. The van der Waals surface area contributed by atoms with E-state index in [1.807, 2.05) is 18.2 Å². The van der Waals surface area contributed by atoms with E-state index >= 15 is 0 Å². The number of pyridine rings is 1. The third-order valence-electron chi connectivity index (χ3n) is 5.58. The Morgan fingerprint density at radius 2 is 1.97 bits per heavy atom. The van der Waals surface area contributed by atoms with Crippen LogP contribution in [0.1, 0.15) is 37.9 Å². The number of hydrogen-bond donors (Lipinski definition) is 5. The Bertz CT molecular complexity index is 1340. The minimum absolute atomic E-state index is 0.0315. The molecule has 1 unspecified atom stereocenters. The highest BCUT2D eigenvalue weighted by atomic mass is 16.4. The van der Waals surface area contributed by atoms with Gasteiger partial charge in [0.15, 0.2) is 0 Å². The van der Waals surface area contributed by atoms with Gasteiger partial charge in [-0.05, 0) is 61.1 Å². The lowest BCUT2D eigenvalue weighted by molar-refractivity contribution is -0.118.